The van der Waals surface area contributed by atoms with Gasteiger partial charge in [0.05, 0.1) is 0 Å². The Morgan fingerprint density at radius 1 is 1.17 bits per heavy atom. The second-order valence-corrected chi connectivity index (χ2v) is 8.55. The van der Waals surface area contributed by atoms with Crippen molar-refractivity contribution in [3.63, 3.8) is 0 Å². The Balaban J connectivity index is 4.30. The van der Waals surface area contributed by atoms with Crippen LogP contribution >= 0.6 is 0 Å². The first kappa shape index (κ1) is 11.4. The van der Waals surface area contributed by atoms with Gasteiger partial charge in [0.25, 0.3) is 0 Å². The molecule has 0 aliphatic carbocycles. The van der Waals surface area contributed by atoms with Crippen LogP contribution in [0.2, 0.25) is 6.04 Å². The molecule has 0 heterocycles. The Hall–Kier alpha value is -0.606. The van der Waals surface area contributed by atoms with Crippen molar-refractivity contribution in [1.82, 2.24) is 0 Å². The van der Waals surface area contributed by atoms with Crippen molar-refractivity contribution in [2.75, 3.05) is 0 Å². The molecule has 0 spiro atoms. The topological polar surface area (TPSA) is 0 Å². The number of rotatable bonds is 6. The lowest BCUT2D eigenvalue weighted by atomic mass is 10.5. The molecule has 0 aromatic carbocycles. The van der Waals surface area contributed by atoms with Gasteiger partial charge in [-0.3, -0.25) is 0 Å². The second kappa shape index (κ2) is 5.11. The molecular weight excluding hydrogens is 176 g/mol. The molecule has 0 saturated carbocycles. The van der Waals surface area contributed by atoms with Crippen LogP contribution in [0.3, 0.4) is 0 Å². The van der Waals surface area contributed by atoms with Crippen LogP contribution in [0.25, 0.3) is 0 Å². The highest BCUT2D eigenvalue weighted by Crippen LogP contribution is 2.17. The fraction of sp³-hybridized carbons (Fsp3) is 0.200. The maximum atomic E-state index is 3.94. The predicted octanol–water partition coefficient (Wildman–Crippen LogP) is 1.88. The molecule has 0 radical (unpaired) electrons. The van der Waals surface area contributed by atoms with Crippen molar-refractivity contribution in [3.8, 4) is 0 Å². The van der Waals surface area contributed by atoms with E-state index in [4.69, 9.17) is 0 Å². The molecule has 2 heteroatoms. The second-order valence-electron chi connectivity index (χ2n) is 3.18. The third-order valence-corrected chi connectivity index (χ3v) is 6.02. The minimum Gasteiger partial charge on any atom is -0.106 e. The van der Waals surface area contributed by atoms with Crippen molar-refractivity contribution in [1.29, 1.82) is 0 Å². The van der Waals surface area contributed by atoms with Gasteiger partial charge in [-0.15, -0.1) is 26.3 Å². The standard InChI is InChI=1S/C10H18Si2/c1-5-12(6-2,7-3)9-8-10(4)11/h5-7H,1-4,8-9H2,11H3. The molecule has 0 atom stereocenters. The van der Waals surface area contributed by atoms with Crippen LogP contribution in [-0.2, 0) is 0 Å². The molecule has 0 N–H and O–H groups in total. The molecule has 0 aliphatic rings. The van der Waals surface area contributed by atoms with Gasteiger partial charge < -0.3 is 0 Å². The maximum absolute atomic E-state index is 3.94. The van der Waals surface area contributed by atoms with Gasteiger partial charge in [0.15, 0.2) is 0 Å². The van der Waals surface area contributed by atoms with E-state index in [9.17, 15) is 0 Å². The maximum Gasteiger partial charge on any atom is 0.124 e. The molecule has 0 aliphatic heterocycles. The Morgan fingerprint density at radius 2 is 1.58 bits per heavy atom. The van der Waals surface area contributed by atoms with Crippen molar-refractivity contribution < 1.29 is 0 Å². The van der Waals surface area contributed by atoms with Gasteiger partial charge in [0, 0.05) is 10.2 Å². The summed E-state index contributed by atoms with van der Waals surface area (Å²) in [6.07, 6.45) is 1.11. The smallest absolute Gasteiger partial charge is 0.106 e. The summed E-state index contributed by atoms with van der Waals surface area (Å²) in [5.74, 6) is 0. The molecule has 0 bridgehead atoms. The van der Waals surface area contributed by atoms with Crippen LogP contribution in [0.4, 0.5) is 0 Å². The normalized spacial score (nSPS) is 10.7. The minimum absolute atomic E-state index is 1.09. The summed E-state index contributed by atoms with van der Waals surface area (Å²) in [6, 6.07) is 1.14. The fourth-order valence-electron chi connectivity index (χ4n) is 0.986. The van der Waals surface area contributed by atoms with E-state index >= 15 is 0 Å². The summed E-state index contributed by atoms with van der Waals surface area (Å²) in [7, 11) is -0.432. The molecule has 0 amide bonds. The van der Waals surface area contributed by atoms with Crippen LogP contribution in [0.5, 0.6) is 0 Å². The Labute approximate surface area is 79.8 Å². The van der Waals surface area contributed by atoms with Crippen molar-refractivity contribution in [2.24, 2.45) is 0 Å². The lowest BCUT2D eigenvalue weighted by molar-refractivity contribution is 1.16. The molecule has 12 heavy (non-hydrogen) atoms. The highest BCUT2D eigenvalue weighted by molar-refractivity contribution is 6.93. The average molecular weight is 194 g/mol. The van der Waals surface area contributed by atoms with Gasteiger partial charge >= 0.3 is 0 Å². The van der Waals surface area contributed by atoms with E-state index in [1.807, 2.05) is 17.1 Å². The largest absolute Gasteiger partial charge is 0.124 e. The number of hydrogen-bond acceptors (Lipinski definition) is 0. The molecule has 0 fully saturated rings. The zero-order valence-corrected chi connectivity index (χ0v) is 11.0. The van der Waals surface area contributed by atoms with Crippen LogP contribution < -0.4 is 0 Å². The summed E-state index contributed by atoms with van der Waals surface area (Å²) in [5, 5.41) is 1.36. The van der Waals surface area contributed by atoms with Gasteiger partial charge in [-0.25, -0.2) is 0 Å². The summed E-state index contributed by atoms with van der Waals surface area (Å²) in [4.78, 5) is 0. The molecule has 0 aromatic rings. The first-order valence-electron chi connectivity index (χ1n) is 4.15. The van der Waals surface area contributed by atoms with E-state index in [-0.39, 0.29) is 0 Å². The third-order valence-electron chi connectivity index (χ3n) is 2.12. The summed E-state index contributed by atoms with van der Waals surface area (Å²) >= 11 is 0. The number of hydrogen-bond donors (Lipinski definition) is 0. The SMILES string of the molecule is C=C[Si](C=C)(C=C)CCC(=C)[SiH3]. The fourth-order valence-corrected chi connectivity index (χ4v) is 3.71. The Kier molecular flexibility index (Phi) is 4.85. The van der Waals surface area contributed by atoms with Gasteiger partial charge in [-0.1, -0.05) is 22.3 Å². The van der Waals surface area contributed by atoms with Crippen molar-refractivity contribution in [2.45, 2.75) is 12.5 Å². The third kappa shape index (κ3) is 3.19. The first-order chi connectivity index (χ1) is 5.60. The lowest BCUT2D eigenvalue weighted by Crippen LogP contribution is -2.26. The van der Waals surface area contributed by atoms with Gasteiger partial charge in [0.1, 0.15) is 8.07 Å². The first-order valence-corrected chi connectivity index (χ1v) is 7.59. The van der Waals surface area contributed by atoms with E-state index in [0.29, 0.717) is 0 Å². The van der Waals surface area contributed by atoms with Crippen LogP contribution in [0, 0.1) is 0 Å². The van der Waals surface area contributed by atoms with Gasteiger partial charge in [0.2, 0.25) is 0 Å². The van der Waals surface area contributed by atoms with E-state index in [1.54, 1.807) is 0 Å². The Morgan fingerprint density at radius 3 is 1.83 bits per heavy atom. The Bertz CT molecular complexity index is 182. The molecule has 0 rings (SSSR count). The predicted molar refractivity (Wildman–Crippen MR) is 64.8 cm³/mol. The lowest BCUT2D eigenvalue weighted by Gasteiger charge is -2.19. The average Bonchev–Trinajstić information content (AvgIpc) is 2.08. The molecule has 0 aromatic heterocycles. The minimum atomic E-state index is -1.53. The van der Waals surface area contributed by atoms with Crippen LogP contribution in [0.1, 0.15) is 6.42 Å². The molecule has 0 unspecified atom stereocenters. The summed E-state index contributed by atoms with van der Waals surface area (Å²) in [6.45, 7) is 15.5. The quantitative estimate of drug-likeness (QED) is 0.567. The van der Waals surface area contributed by atoms with E-state index in [2.05, 4.69) is 26.3 Å². The zero-order valence-electron chi connectivity index (χ0n) is 7.97. The molecular formula is C10H18Si2. The van der Waals surface area contributed by atoms with E-state index in [1.165, 1.54) is 5.20 Å². The van der Waals surface area contributed by atoms with Crippen LogP contribution in [-0.4, -0.2) is 18.3 Å². The van der Waals surface area contributed by atoms with Crippen molar-refractivity contribution in [3.05, 3.63) is 48.6 Å². The molecule has 0 nitrogen and oxygen atoms in total. The van der Waals surface area contributed by atoms with Gasteiger partial charge in [-0.2, -0.15) is 0 Å². The molecule has 66 valence electrons. The summed E-state index contributed by atoms with van der Waals surface area (Å²) in [5.41, 5.74) is 6.12. The van der Waals surface area contributed by atoms with E-state index in [0.717, 1.165) is 22.7 Å². The van der Waals surface area contributed by atoms with Crippen LogP contribution in [0.15, 0.2) is 48.6 Å². The summed E-state index contributed by atoms with van der Waals surface area (Å²) < 4.78 is 0. The molecule has 0 saturated heterocycles. The zero-order chi connectivity index (χ0) is 9.61. The highest BCUT2D eigenvalue weighted by Gasteiger charge is 2.20. The monoisotopic (exact) mass is 194 g/mol. The highest BCUT2D eigenvalue weighted by atomic mass is 28.3. The van der Waals surface area contributed by atoms with E-state index < -0.39 is 8.07 Å². The number of allylic oxidation sites excluding steroid dienone is 1. The van der Waals surface area contributed by atoms with Crippen molar-refractivity contribution >= 4 is 18.3 Å². The van der Waals surface area contributed by atoms with Gasteiger partial charge in [-0.05, 0) is 12.5 Å².